The third-order valence-electron chi connectivity index (χ3n) is 2.79. The van der Waals surface area contributed by atoms with Crippen LogP contribution in [-0.2, 0) is 0 Å². The fourth-order valence-corrected chi connectivity index (χ4v) is 1.70. The monoisotopic (exact) mass is 274 g/mol. The van der Waals surface area contributed by atoms with Gasteiger partial charge in [0.25, 0.3) is 11.8 Å². The van der Waals surface area contributed by atoms with Crippen LogP contribution >= 0.6 is 0 Å². The Bertz CT molecular complexity index is 661. The van der Waals surface area contributed by atoms with Gasteiger partial charge in [0.05, 0.1) is 17.4 Å². The van der Waals surface area contributed by atoms with Crippen LogP contribution in [0, 0.1) is 13.8 Å². The molecule has 1 aromatic carbocycles. The second-order valence-electron chi connectivity index (χ2n) is 4.32. The number of benzene rings is 1. The first-order valence-electron chi connectivity index (χ1n) is 5.93. The van der Waals surface area contributed by atoms with Gasteiger partial charge in [0.2, 0.25) is 0 Å². The summed E-state index contributed by atoms with van der Waals surface area (Å²) in [5.74, 6) is -0.778. The van der Waals surface area contributed by atoms with E-state index in [1.165, 1.54) is 24.5 Å². The zero-order chi connectivity index (χ0) is 14.7. The zero-order valence-corrected chi connectivity index (χ0v) is 11.1. The van der Waals surface area contributed by atoms with E-state index in [0.29, 0.717) is 11.3 Å². The number of hydrazine groups is 1. The van der Waals surface area contributed by atoms with Crippen molar-refractivity contribution in [3.63, 3.8) is 0 Å². The Hall–Kier alpha value is -2.76. The van der Waals surface area contributed by atoms with Crippen LogP contribution in [-0.4, -0.2) is 16.9 Å². The molecule has 1 aromatic heterocycles. The van der Waals surface area contributed by atoms with Gasteiger partial charge < -0.3 is 9.52 Å². The van der Waals surface area contributed by atoms with Crippen LogP contribution in [0.3, 0.4) is 0 Å². The average Bonchev–Trinajstić information content (AvgIpc) is 2.82. The molecule has 104 valence electrons. The number of hydrogen-bond donors (Lipinski definition) is 3. The molecular weight excluding hydrogens is 260 g/mol. The van der Waals surface area contributed by atoms with E-state index >= 15 is 0 Å². The lowest BCUT2D eigenvalue weighted by Crippen LogP contribution is -2.41. The molecule has 3 N–H and O–H groups in total. The molecular formula is C14H14N2O4. The van der Waals surface area contributed by atoms with E-state index in [-0.39, 0.29) is 11.3 Å². The molecule has 2 amide bonds. The third-order valence-corrected chi connectivity index (χ3v) is 2.79. The molecule has 2 aromatic rings. The topological polar surface area (TPSA) is 91.6 Å². The number of carbonyl (C=O) groups excluding carboxylic acids is 2. The van der Waals surface area contributed by atoms with Gasteiger partial charge in [-0.3, -0.25) is 20.4 Å². The molecule has 6 nitrogen and oxygen atoms in total. The van der Waals surface area contributed by atoms with Crippen LogP contribution in [0.5, 0.6) is 5.75 Å². The van der Waals surface area contributed by atoms with Crippen LogP contribution in [0.1, 0.15) is 32.0 Å². The molecule has 0 spiro atoms. The maximum atomic E-state index is 11.8. The third kappa shape index (κ3) is 2.80. The number of phenols is 1. The molecule has 0 fully saturated rings. The van der Waals surface area contributed by atoms with Gasteiger partial charge in [0.15, 0.2) is 0 Å². The van der Waals surface area contributed by atoms with Crippen molar-refractivity contribution in [2.45, 2.75) is 13.8 Å². The number of carbonyl (C=O) groups is 2. The van der Waals surface area contributed by atoms with Crippen LogP contribution in [0.15, 0.2) is 34.9 Å². The number of aryl methyl sites for hydroxylation is 2. The first-order valence-corrected chi connectivity index (χ1v) is 5.93. The highest BCUT2D eigenvalue weighted by Crippen LogP contribution is 2.17. The highest BCUT2D eigenvalue weighted by molar-refractivity contribution is 6.00. The van der Waals surface area contributed by atoms with Crippen molar-refractivity contribution in [2.24, 2.45) is 0 Å². The molecule has 20 heavy (non-hydrogen) atoms. The molecule has 0 aliphatic rings. The molecule has 0 atom stereocenters. The van der Waals surface area contributed by atoms with Crippen LogP contribution in [0.2, 0.25) is 0 Å². The minimum atomic E-state index is -0.600. The van der Waals surface area contributed by atoms with Crippen molar-refractivity contribution in [3.8, 4) is 5.75 Å². The lowest BCUT2D eigenvalue weighted by molar-refractivity contribution is 0.0844. The smallest absolute Gasteiger partial charge is 0.273 e. The number of rotatable bonds is 2. The molecule has 0 saturated carbocycles. The van der Waals surface area contributed by atoms with Gasteiger partial charge in [-0.25, -0.2) is 0 Å². The predicted octanol–water partition coefficient (Wildman–Crippen LogP) is 1.68. The first-order chi connectivity index (χ1) is 9.49. The highest BCUT2D eigenvalue weighted by atomic mass is 16.3. The average molecular weight is 274 g/mol. The van der Waals surface area contributed by atoms with Crippen molar-refractivity contribution in [2.75, 3.05) is 0 Å². The Labute approximate surface area is 115 Å². The molecule has 2 rings (SSSR count). The van der Waals surface area contributed by atoms with Crippen LogP contribution in [0.4, 0.5) is 0 Å². The Kier molecular flexibility index (Phi) is 3.74. The Balaban J connectivity index is 2.02. The van der Waals surface area contributed by atoms with Gasteiger partial charge in [-0.15, -0.1) is 0 Å². The number of nitrogens with one attached hydrogen (secondary N) is 2. The van der Waals surface area contributed by atoms with E-state index < -0.39 is 11.8 Å². The molecule has 0 aliphatic carbocycles. The Morgan fingerprint density at radius 1 is 1.05 bits per heavy atom. The van der Waals surface area contributed by atoms with Gasteiger partial charge in [-0.2, -0.15) is 0 Å². The Morgan fingerprint density at radius 2 is 1.70 bits per heavy atom. The SMILES string of the molecule is Cc1ccc(C(=O)NNC(=O)c2ccoc2C)c(O)c1. The van der Waals surface area contributed by atoms with Gasteiger partial charge >= 0.3 is 0 Å². The summed E-state index contributed by atoms with van der Waals surface area (Å²) in [6.45, 7) is 3.44. The summed E-state index contributed by atoms with van der Waals surface area (Å²) in [5.41, 5.74) is 5.74. The summed E-state index contributed by atoms with van der Waals surface area (Å²) in [6, 6.07) is 6.14. The van der Waals surface area contributed by atoms with E-state index in [1.54, 1.807) is 19.9 Å². The second kappa shape index (κ2) is 5.48. The molecule has 0 unspecified atom stereocenters. The number of hydrogen-bond acceptors (Lipinski definition) is 4. The van der Waals surface area contributed by atoms with Gasteiger partial charge in [-0.05, 0) is 37.6 Å². The lowest BCUT2D eigenvalue weighted by Gasteiger charge is -2.08. The first kappa shape index (κ1) is 13.7. The maximum Gasteiger partial charge on any atom is 0.273 e. The standard InChI is InChI=1S/C14H14N2O4/c1-8-3-4-11(12(17)7-8)14(19)16-15-13(18)10-5-6-20-9(10)2/h3-7,17H,1-2H3,(H,15,18)(H,16,19). The van der Waals surface area contributed by atoms with Crippen LogP contribution < -0.4 is 10.9 Å². The largest absolute Gasteiger partial charge is 0.507 e. The van der Waals surface area contributed by atoms with E-state index in [4.69, 9.17) is 4.42 Å². The quantitative estimate of drug-likeness (QED) is 0.726. The van der Waals surface area contributed by atoms with E-state index in [2.05, 4.69) is 10.9 Å². The summed E-state index contributed by atoms with van der Waals surface area (Å²) >= 11 is 0. The van der Waals surface area contributed by atoms with Gasteiger partial charge in [0, 0.05) is 0 Å². The predicted molar refractivity (Wildman–Crippen MR) is 71.2 cm³/mol. The summed E-state index contributed by atoms with van der Waals surface area (Å²) in [4.78, 5) is 23.6. The fraction of sp³-hybridized carbons (Fsp3) is 0.143. The minimum absolute atomic E-state index is 0.0832. The van der Waals surface area contributed by atoms with Crippen molar-refractivity contribution >= 4 is 11.8 Å². The number of aromatic hydroxyl groups is 1. The lowest BCUT2D eigenvalue weighted by atomic mass is 10.1. The molecule has 6 heteroatoms. The van der Waals surface area contributed by atoms with Crippen molar-refractivity contribution in [1.82, 2.24) is 10.9 Å². The fourth-order valence-electron chi connectivity index (χ4n) is 1.70. The van der Waals surface area contributed by atoms with Gasteiger partial charge in [0.1, 0.15) is 11.5 Å². The van der Waals surface area contributed by atoms with E-state index in [9.17, 15) is 14.7 Å². The molecule has 0 aliphatic heterocycles. The van der Waals surface area contributed by atoms with Crippen molar-refractivity contribution < 1.29 is 19.1 Å². The van der Waals surface area contributed by atoms with Crippen molar-refractivity contribution in [3.05, 3.63) is 53.0 Å². The molecule has 1 heterocycles. The maximum absolute atomic E-state index is 11.8. The Morgan fingerprint density at radius 3 is 2.25 bits per heavy atom. The van der Waals surface area contributed by atoms with Crippen LogP contribution in [0.25, 0.3) is 0 Å². The summed E-state index contributed by atoms with van der Waals surface area (Å²) in [7, 11) is 0. The van der Waals surface area contributed by atoms with E-state index in [1.807, 2.05) is 0 Å². The van der Waals surface area contributed by atoms with Gasteiger partial charge in [-0.1, -0.05) is 6.07 Å². The highest BCUT2D eigenvalue weighted by Gasteiger charge is 2.14. The summed E-state index contributed by atoms with van der Waals surface area (Å²) in [6.07, 6.45) is 1.39. The van der Waals surface area contributed by atoms with E-state index in [0.717, 1.165) is 5.56 Å². The molecule has 0 bridgehead atoms. The second-order valence-corrected chi connectivity index (χ2v) is 4.32. The minimum Gasteiger partial charge on any atom is -0.507 e. The normalized spacial score (nSPS) is 10.1. The molecule has 0 radical (unpaired) electrons. The zero-order valence-electron chi connectivity index (χ0n) is 11.1. The number of phenolic OH excluding ortho intramolecular Hbond substituents is 1. The summed E-state index contributed by atoms with van der Waals surface area (Å²) < 4.78 is 5.00. The molecule has 0 saturated heterocycles. The summed E-state index contributed by atoms with van der Waals surface area (Å²) in [5, 5.41) is 9.67. The number of furan rings is 1. The number of amides is 2. The van der Waals surface area contributed by atoms with Crippen molar-refractivity contribution in [1.29, 1.82) is 0 Å².